The highest BCUT2D eigenvalue weighted by Gasteiger charge is 2.13. The molecule has 4 nitrogen and oxygen atoms in total. The molecule has 0 radical (unpaired) electrons. The number of carboxylic acids is 1. The topological polar surface area (TPSA) is 51.5 Å². The molecule has 3 aromatic carbocycles. The summed E-state index contributed by atoms with van der Waals surface area (Å²) in [6.07, 6.45) is 1.83. The predicted octanol–water partition coefficient (Wildman–Crippen LogP) is 6.41. The minimum atomic E-state index is -0.971. The van der Waals surface area contributed by atoms with Crippen molar-refractivity contribution in [1.29, 1.82) is 0 Å². The quantitative estimate of drug-likeness (QED) is 0.374. The normalized spacial score (nSPS) is 11.0. The van der Waals surface area contributed by atoms with E-state index in [4.69, 9.17) is 27.9 Å². The van der Waals surface area contributed by atoms with E-state index in [1.807, 2.05) is 16.8 Å². The van der Waals surface area contributed by atoms with Gasteiger partial charge in [0.05, 0.1) is 17.1 Å². The lowest BCUT2D eigenvalue weighted by molar-refractivity contribution is 0.0699. The average Bonchev–Trinajstić information content (AvgIpc) is 3.11. The van der Waals surface area contributed by atoms with E-state index in [-0.39, 0.29) is 12.2 Å². The number of ether oxygens (including phenoxy) is 1. The number of halogens is 3. The number of carboxylic acid groups (broad SMARTS) is 1. The average molecular weight is 444 g/mol. The monoisotopic (exact) mass is 443 g/mol. The van der Waals surface area contributed by atoms with Crippen LogP contribution in [0.2, 0.25) is 10.0 Å². The molecule has 7 heteroatoms. The molecule has 0 bridgehead atoms. The Hall–Kier alpha value is -3.02. The molecule has 1 heterocycles. The summed E-state index contributed by atoms with van der Waals surface area (Å²) in [5.74, 6) is -0.770. The van der Waals surface area contributed by atoms with Crippen LogP contribution < -0.4 is 4.74 Å². The first-order valence-electron chi connectivity index (χ1n) is 9.08. The molecule has 4 aromatic rings. The van der Waals surface area contributed by atoms with Gasteiger partial charge in [-0.05, 0) is 48.5 Å². The Balaban J connectivity index is 1.64. The number of fused-ring (bicyclic) bond motifs is 1. The Kier molecular flexibility index (Phi) is 5.66. The highest BCUT2D eigenvalue weighted by atomic mass is 35.5. The summed E-state index contributed by atoms with van der Waals surface area (Å²) >= 11 is 12.3. The first-order valence-corrected chi connectivity index (χ1v) is 9.84. The van der Waals surface area contributed by atoms with Crippen LogP contribution in [-0.4, -0.2) is 15.6 Å². The minimum Gasteiger partial charge on any atom is -0.488 e. The van der Waals surface area contributed by atoms with Gasteiger partial charge in [0.2, 0.25) is 0 Å². The van der Waals surface area contributed by atoms with Crippen LogP contribution in [0.4, 0.5) is 4.39 Å². The molecule has 0 spiro atoms. The van der Waals surface area contributed by atoms with Crippen molar-refractivity contribution in [2.45, 2.75) is 13.2 Å². The maximum atomic E-state index is 13.3. The lowest BCUT2D eigenvalue weighted by Crippen LogP contribution is -2.04. The summed E-state index contributed by atoms with van der Waals surface area (Å²) in [4.78, 5) is 11.5. The lowest BCUT2D eigenvalue weighted by atomic mass is 10.1. The first-order chi connectivity index (χ1) is 14.4. The largest absolute Gasteiger partial charge is 0.488 e. The van der Waals surface area contributed by atoms with Gasteiger partial charge in [-0.15, -0.1) is 0 Å². The van der Waals surface area contributed by atoms with E-state index in [2.05, 4.69) is 0 Å². The number of aromatic nitrogens is 1. The second-order valence-corrected chi connectivity index (χ2v) is 7.61. The van der Waals surface area contributed by atoms with Gasteiger partial charge >= 0.3 is 5.97 Å². The Labute approximate surface area is 182 Å². The fraction of sp³-hybridized carbons (Fsp3) is 0.0870. The van der Waals surface area contributed by atoms with Crippen molar-refractivity contribution in [3.8, 4) is 5.75 Å². The van der Waals surface area contributed by atoms with Crippen LogP contribution in [0.1, 0.15) is 21.5 Å². The fourth-order valence-corrected chi connectivity index (χ4v) is 3.75. The van der Waals surface area contributed by atoms with Crippen molar-refractivity contribution < 1.29 is 19.0 Å². The third-order valence-electron chi connectivity index (χ3n) is 4.81. The Bertz CT molecular complexity index is 1250. The SMILES string of the molecule is O=C(O)c1cccc2c1ccn2Cc1cc(Cl)ccc1OCc1ccc(F)cc1Cl. The molecule has 0 saturated heterocycles. The Morgan fingerprint density at radius 3 is 2.63 bits per heavy atom. The zero-order chi connectivity index (χ0) is 21.3. The molecule has 1 N–H and O–H groups in total. The van der Waals surface area contributed by atoms with E-state index < -0.39 is 11.8 Å². The van der Waals surface area contributed by atoms with Crippen molar-refractivity contribution >= 4 is 40.1 Å². The van der Waals surface area contributed by atoms with Gasteiger partial charge in [-0.1, -0.05) is 35.3 Å². The smallest absolute Gasteiger partial charge is 0.336 e. The number of carbonyl (C=O) groups is 1. The van der Waals surface area contributed by atoms with E-state index in [1.54, 1.807) is 42.5 Å². The molecule has 152 valence electrons. The number of hydrogen-bond donors (Lipinski definition) is 1. The predicted molar refractivity (Wildman–Crippen MR) is 115 cm³/mol. The van der Waals surface area contributed by atoms with Crippen molar-refractivity contribution in [1.82, 2.24) is 4.57 Å². The van der Waals surface area contributed by atoms with E-state index >= 15 is 0 Å². The Morgan fingerprint density at radius 1 is 1.03 bits per heavy atom. The molecular weight excluding hydrogens is 428 g/mol. The number of hydrogen-bond acceptors (Lipinski definition) is 2. The molecule has 0 aliphatic carbocycles. The standard InChI is InChI=1S/C23H16Cl2FNO3/c24-16-5-7-22(30-13-14-4-6-17(26)11-20(14)25)15(10-16)12-27-9-8-18-19(23(28)29)2-1-3-21(18)27/h1-11H,12-13H2,(H,28,29). The van der Waals surface area contributed by atoms with Crippen LogP contribution >= 0.6 is 23.2 Å². The molecule has 0 atom stereocenters. The summed E-state index contributed by atoms with van der Waals surface area (Å²) in [6.45, 7) is 0.600. The molecule has 4 rings (SSSR count). The fourth-order valence-electron chi connectivity index (χ4n) is 3.34. The molecule has 0 unspecified atom stereocenters. The molecule has 1 aromatic heterocycles. The number of nitrogens with zero attached hydrogens (tertiary/aromatic N) is 1. The summed E-state index contributed by atoms with van der Waals surface area (Å²) < 4.78 is 21.1. The van der Waals surface area contributed by atoms with Crippen molar-refractivity contribution in [2.75, 3.05) is 0 Å². The highest BCUT2D eigenvalue weighted by Crippen LogP contribution is 2.28. The van der Waals surface area contributed by atoms with E-state index in [0.29, 0.717) is 33.3 Å². The third kappa shape index (κ3) is 4.13. The lowest BCUT2D eigenvalue weighted by Gasteiger charge is -2.14. The molecule has 0 fully saturated rings. The van der Waals surface area contributed by atoms with Crippen LogP contribution in [0.3, 0.4) is 0 Å². The van der Waals surface area contributed by atoms with Crippen LogP contribution in [-0.2, 0) is 13.2 Å². The maximum Gasteiger partial charge on any atom is 0.336 e. The van der Waals surface area contributed by atoms with Crippen LogP contribution in [0.15, 0.2) is 66.9 Å². The van der Waals surface area contributed by atoms with Crippen molar-refractivity contribution in [3.05, 3.63) is 99.4 Å². The van der Waals surface area contributed by atoms with Gasteiger partial charge in [-0.25, -0.2) is 9.18 Å². The number of rotatable bonds is 6. The Morgan fingerprint density at radius 2 is 1.87 bits per heavy atom. The zero-order valence-corrected chi connectivity index (χ0v) is 17.1. The van der Waals surface area contributed by atoms with Gasteiger partial charge in [0.15, 0.2) is 0 Å². The molecule has 0 aliphatic rings. The van der Waals surface area contributed by atoms with Crippen LogP contribution in [0, 0.1) is 5.82 Å². The minimum absolute atomic E-state index is 0.170. The van der Waals surface area contributed by atoms with Gasteiger partial charge < -0.3 is 14.4 Å². The van der Waals surface area contributed by atoms with Crippen LogP contribution in [0.5, 0.6) is 5.75 Å². The molecule has 30 heavy (non-hydrogen) atoms. The summed E-state index contributed by atoms with van der Waals surface area (Å²) in [5, 5.41) is 10.9. The van der Waals surface area contributed by atoms with E-state index in [1.165, 1.54) is 12.1 Å². The molecular formula is C23H16Cl2FNO3. The van der Waals surface area contributed by atoms with Gasteiger partial charge in [0, 0.05) is 33.2 Å². The van der Waals surface area contributed by atoms with E-state index in [9.17, 15) is 14.3 Å². The van der Waals surface area contributed by atoms with Crippen molar-refractivity contribution in [2.24, 2.45) is 0 Å². The second kappa shape index (κ2) is 8.38. The molecule has 0 amide bonds. The molecule has 0 aliphatic heterocycles. The first kappa shape index (κ1) is 20.3. The zero-order valence-electron chi connectivity index (χ0n) is 15.6. The van der Waals surface area contributed by atoms with Gasteiger partial charge in [0.1, 0.15) is 18.2 Å². The van der Waals surface area contributed by atoms with E-state index in [0.717, 1.165) is 11.1 Å². The maximum absolute atomic E-state index is 13.3. The van der Waals surface area contributed by atoms with Gasteiger partial charge in [0.25, 0.3) is 0 Å². The summed E-state index contributed by atoms with van der Waals surface area (Å²) in [6, 6.07) is 16.4. The number of aromatic carboxylic acids is 1. The highest BCUT2D eigenvalue weighted by molar-refractivity contribution is 6.31. The van der Waals surface area contributed by atoms with Gasteiger partial charge in [-0.2, -0.15) is 0 Å². The molecule has 0 saturated carbocycles. The van der Waals surface area contributed by atoms with Gasteiger partial charge in [-0.3, -0.25) is 0 Å². The number of benzene rings is 3. The third-order valence-corrected chi connectivity index (χ3v) is 5.39. The van der Waals surface area contributed by atoms with Crippen molar-refractivity contribution in [3.63, 3.8) is 0 Å². The summed E-state index contributed by atoms with van der Waals surface area (Å²) in [5.41, 5.74) is 2.53. The summed E-state index contributed by atoms with van der Waals surface area (Å²) in [7, 11) is 0. The second-order valence-electron chi connectivity index (χ2n) is 6.76. The van der Waals surface area contributed by atoms with Crippen LogP contribution in [0.25, 0.3) is 10.9 Å².